The molecule has 3 N–H and O–H groups in total. The molecule has 2 aliphatic heterocycles. The summed E-state index contributed by atoms with van der Waals surface area (Å²) in [5.74, 6) is 0.604. The number of aliphatic hydroxyl groups excluding tert-OH is 1. The van der Waals surface area contributed by atoms with Gasteiger partial charge in [0.25, 0.3) is 0 Å². The number of aliphatic hydroxyl groups is 1. The monoisotopic (exact) mass is 542 g/mol. The van der Waals surface area contributed by atoms with Crippen LogP contribution >= 0.6 is 0 Å². The van der Waals surface area contributed by atoms with Gasteiger partial charge in [0, 0.05) is 18.5 Å². The summed E-state index contributed by atoms with van der Waals surface area (Å²) in [6.45, 7) is 12.9. The predicted octanol–water partition coefficient (Wildman–Crippen LogP) is 3.06. The van der Waals surface area contributed by atoms with Gasteiger partial charge in [0.05, 0.1) is 23.8 Å². The van der Waals surface area contributed by atoms with Gasteiger partial charge in [0.2, 0.25) is 11.8 Å². The molecule has 0 unspecified atom stereocenters. The quantitative estimate of drug-likeness (QED) is 0.523. The van der Waals surface area contributed by atoms with Crippen molar-refractivity contribution in [2.75, 3.05) is 6.54 Å². The van der Waals surface area contributed by atoms with Crippen LogP contribution in [0.25, 0.3) is 11.1 Å². The maximum Gasteiger partial charge on any atom is 0.408 e. The molecule has 3 heterocycles. The SMILES string of the molecule is Cc1noc2c1-c1ccc(CC(=O)N[C@@H]3C[C@@H](O)CN3C(=O)[C@@H](NC(=O)OC(C)(C)C)C(C)(C)C)cc1OC2. The van der Waals surface area contributed by atoms with Crippen LogP contribution in [-0.2, 0) is 27.4 Å². The van der Waals surface area contributed by atoms with Gasteiger partial charge in [0.1, 0.15) is 30.2 Å². The summed E-state index contributed by atoms with van der Waals surface area (Å²) in [7, 11) is 0. The second-order valence-corrected chi connectivity index (χ2v) is 12.3. The molecule has 212 valence electrons. The van der Waals surface area contributed by atoms with Crippen molar-refractivity contribution < 1.29 is 33.5 Å². The fourth-order valence-corrected chi connectivity index (χ4v) is 4.86. The zero-order valence-corrected chi connectivity index (χ0v) is 23.6. The molecule has 4 rings (SSSR count). The van der Waals surface area contributed by atoms with E-state index in [9.17, 15) is 19.5 Å². The van der Waals surface area contributed by atoms with E-state index in [2.05, 4.69) is 15.8 Å². The molecule has 1 fully saturated rings. The second-order valence-electron chi connectivity index (χ2n) is 12.3. The number of hydrogen-bond acceptors (Lipinski definition) is 8. The van der Waals surface area contributed by atoms with Gasteiger partial charge >= 0.3 is 6.09 Å². The fourth-order valence-electron chi connectivity index (χ4n) is 4.86. The third-order valence-corrected chi connectivity index (χ3v) is 6.64. The summed E-state index contributed by atoms with van der Waals surface area (Å²) in [6.07, 6.45) is -2.00. The van der Waals surface area contributed by atoms with E-state index in [1.807, 2.05) is 45.9 Å². The van der Waals surface area contributed by atoms with Crippen LogP contribution < -0.4 is 15.4 Å². The minimum atomic E-state index is -0.930. The number of nitrogens with one attached hydrogen (secondary N) is 2. The Labute approximate surface area is 228 Å². The van der Waals surface area contributed by atoms with Crippen molar-refractivity contribution in [3.05, 3.63) is 35.2 Å². The fraction of sp³-hybridized carbons (Fsp3) is 0.571. The van der Waals surface area contributed by atoms with Crippen molar-refractivity contribution in [1.29, 1.82) is 0 Å². The van der Waals surface area contributed by atoms with E-state index in [4.69, 9.17) is 14.0 Å². The molecule has 11 nitrogen and oxygen atoms in total. The first-order chi connectivity index (χ1) is 18.1. The highest BCUT2D eigenvalue weighted by Crippen LogP contribution is 2.40. The molecular formula is C28H38N4O7. The molecule has 0 saturated carbocycles. The van der Waals surface area contributed by atoms with Crippen LogP contribution in [0.2, 0.25) is 0 Å². The van der Waals surface area contributed by atoms with E-state index in [1.54, 1.807) is 20.8 Å². The Morgan fingerprint density at radius 3 is 2.59 bits per heavy atom. The van der Waals surface area contributed by atoms with E-state index in [-0.39, 0.29) is 31.9 Å². The van der Waals surface area contributed by atoms with E-state index in [0.29, 0.717) is 11.5 Å². The Hall–Kier alpha value is -3.60. The Bertz CT molecular complexity index is 1260. The third kappa shape index (κ3) is 6.52. The highest BCUT2D eigenvalue weighted by Gasteiger charge is 2.43. The van der Waals surface area contributed by atoms with Crippen LogP contribution in [0.15, 0.2) is 22.7 Å². The zero-order valence-electron chi connectivity index (χ0n) is 23.6. The molecule has 0 bridgehead atoms. The number of β-amino-alcohol motifs (C(OH)–C–C–N with tert-alkyl or cyclic N) is 1. The first-order valence-electron chi connectivity index (χ1n) is 13.1. The van der Waals surface area contributed by atoms with Crippen LogP contribution in [0.5, 0.6) is 5.75 Å². The number of alkyl carbamates (subject to hydrolysis) is 1. The highest BCUT2D eigenvalue weighted by molar-refractivity contribution is 5.88. The Kier molecular flexibility index (Phi) is 7.66. The van der Waals surface area contributed by atoms with Crippen LogP contribution in [0.1, 0.15) is 65.0 Å². The van der Waals surface area contributed by atoms with Gasteiger partial charge in [-0.3, -0.25) is 9.59 Å². The summed E-state index contributed by atoms with van der Waals surface area (Å²) in [5.41, 5.74) is 1.91. The highest BCUT2D eigenvalue weighted by atomic mass is 16.6. The number of nitrogens with zero attached hydrogens (tertiary/aromatic N) is 2. The van der Waals surface area contributed by atoms with E-state index < -0.39 is 41.3 Å². The number of benzene rings is 1. The normalized spacial score (nSPS) is 19.4. The average Bonchev–Trinajstić information content (AvgIpc) is 3.37. The summed E-state index contributed by atoms with van der Waals surface area (Å²) in [4.78, 5) is 40.6. The molecule has 0 radical (unpaired) electrons. The molecule has 1 saturated heterocycles. The number of carbonyl (C=O) groups excluding carboxylic acids is 3. The number of carbonyl (C=O) groups is 3. The second kappa shape index (κ2) is 10.5. The van der Waals surface area contributed by atoms with E-state index in [1.165, 1.54) is 4.90 Å². The Balaban J connectivity index is 1.45. The minimum absolute atomic E-state index is 0.0411. The standard InChI is InChI=1S/C28H38N4O7/c1-15-23-18-9-8-16(10-19(18)37-14-20(23)39-31-15)11-22(34)29-21-12-17(33)13-32(21)25(35)24(27(2,3)4)30-26(36)38-28(5,6)7/h8-10,17,21,24,33H,11-14H2,1-7H3,(H,29,34)(H,30,36)/t17-,21+,24-/m1/s1. The molecule has 1 aromatic heterocycles. The van der Waals surface area contributed by atoms with Crippen LogP contribution in [0, 0.1) is 12.3 Å². The first-order valence-corrected chi connectivity index (χ1v) is 13.1. The molecule has 3 amide bonds. The molecule has 1 aromatic carbocycles. The zero-order chi connectivity index (χ0) is 28.7. The number of likely N-dealkylation sites (tertiary alicyclic amines) is 1. The molecule has 2 aromatic rings. The van der Waals surface area contributed by atoms with Gasteiger partial charge in [0.15, 0.2) is 5.76 Å². The molecule has 0 spiro atoms. The number of aryl methyl sites for hydroxylation is 1. The van der Waals surface area contributed by atoms with Crippen molar-refractivity contribution in [3.63, 3.8) is 0 Å². The van der Waals surface area contributed by atoms with Crippen molar-refractivity contribution in [1.82, 2.24) is 20.7 Å². The van der Waals surface area contributed by atoms with Crippen molar-refractivity contribution in [2.45, 2.75) is 91.8 Å². The summed E-state index contributed by atoms with van der Waals surface area (Å²) in [6, 6.07) is 4.61. The predicted molar refractivity (Wildman–Crippen MR) is 142 cm³/mol. The lowest BCUT2D eigenvalue weighted by Crippen LogP contribution is -2.58. The van der Waals surface area contributed by atoms with Gasteiger partial charge in [-0.1, -0.05) is 38.1 Å². The number of aromatic nitrogens is 1. The topological polar surface area (TPSA) is 143 Å². The van der Waals surface area contributed by atoms with E-state index >= 15 is 0 Å². The molecule has 2 aliphatic rings. The third-order valence-electron chi connectivity index (χ3n) is 6.64. The summed E-state index contributed by atoms with van der Waals surface area (Å²) in [5, 5.41) is 19.9. The van der Waals surface area contributed by atoms with Crippen LogP contribution in [0.4, 0.5) is 4.79 Å². The van der Waals surface area contributed by atoms with Crippen LogP contribution in [0.3, 0.4) is 0 Å². The molecule has 0 aliphatic carbocycles. The molecular weight excluding hydrogens is 504 g/mol. The molecule has 39 heavy (non-hydrogen) atoms. The number of fused-ring (bicyclic) bond motifs is 3. The van der Waals surface area contributed by atoms with Crippen LogP contribution in [-0.4, -0.2) is 63.5 Å². The summed E-state index contributed by atoms with van der Waals surface area (Å²) >= 11 is 0. The number of amides is 3. The average molecular weight is 543 g/mol. The van der Waals surface area contributed by atoms with Gasteiger partial charge in [-0.2, -0.15) is 0 Å². The number of hydrogen-bond donors (Lipinski definition) is 3. The number of rotatable bonds is 5. The molecule has 11 heteroatoms. The summed E-state index contributed by atoms with van der Waals surface area (Å²) < 4.78 is 16.5. The largest absolute Gasteiger partial charge is 0.485 e. The van der Waals surface area contributed by atoms with Crippen molar-refractivity contribution in [2.24, 2.45) is 5.41 Å². The lowest BCUT2D eigenvalue weighted by molar-refractivity contribution is -0.138. The van der Waals surface area contributed by atoms with Crippen molar-refractivity contribution in [3.8, 4) is 16.9 Å². The molecule has 3 atom stereocenters. The smallest absolute Gasteiger partial charge is 0.408 e. The maximum atomic E-state index is 13.6. The lowest BCUT2D eigenvalue weighted by Gasteiger charge is -2.36. The lowest BCUT2D eigenvalue weighted by atomic mass is 9.86. The van der Waals surface area contributed by atoms with E-state index in [0.717, 1.165) is 22.4 Å². The Morgan fingerprint density at radius 1 is 1.21 bits per heavy atom. The number of ether oxygens (including phenoxy) is 2. The minimum Gasteiger partial charge on any atom is -0.485 e. The van der Waals surface area contributed by atoms with Gasteiger partial charge in [-0.15, -0.1) is 0 Å². The Morgan fingerprint density at radius 2 is 1.92 bits per heavy atom. The van der Waals surface area contributed by atoms with Crippen molar-refractivity contribution >= 4 is 17.9 Å². The first kappa shape index (κ1) is 28.4. The van der Waals surface area contributed by atoms with Gasteiger partial charge in [-0.25, -0.2) is 4.79 Å². The van der Waals surface area contributed by atoms with Gasteiger partial charge in [-0.05, 0) is 44.7 Å². The maximum absolute atomic E-state index is 13.6. The van der Waals surface area contributed by atoms with Gasteiger partial charge < -0.3 is 34.6 Å².